The molecular formula is C15H18BrNO4. The van der Waals surface area contributed by atoms with E-state index in [9.17, 15) is 9.59 Å². The van der Waals surface area contributed by atoms with E-state index in [1.165, 1.54) is 6.08 Å². The minimum atomic E-state index is -0.473. The summed E-state index contributed by atoms with van der Waals surface area (Å²) >= 11 is 3.20. The van der Waals surface area contributed by atoms with Crippen LogP contribution in [0.1, 0.15) is 31.9 Å². The minimum Gasteiger partial charge on any atom is -0.464 e. The standard InChI is InChI=1S/C15H18BrNO4/c1-2-20-15(19)12-5-3-4-10-17(12)14(18)9-7-11-6-8-13(16)21-11/h6-9,12H,2-5,10H2,1H3/b9-7+. The van der Waals surface area contributed by atoms with Crippen LogP contribution in [0.2, 0.25) is 0 Å². The summed E-state index contributed by atoms with van der Waals surface area (Å²) in [5, 5.41) is 0. The fourth-order valence-corrected chi connectivity index (χ4v) is 2.66. The van der Waals surface area contributed by atoms with Gasteiger partial charge in [0.05, 0.1) is 6.61 Å². The van der Waals surface area contributed by atoms with Gasteiger partial charge in [-0.15, -0.1) is 0 Å². The van der Waals surface area contributed by atoms with Gasteiger partial charge in [-0.2, -0.15) is 0 Å². The van der Waals surface area contributed by atoms with E-state index in [0.717, 1.165) is 12.8 Å². The molecule has 1 aromatic heterocycles. The number of amides is 1. The molecular weight excluding hydrogens is 338 g/mol. The number of nitrogens with zero attached hydrogens (tertiary/aromatic N) is 1. The molecule has 0 aromatic carbocycles. The van der Waals surface area contributed by atoms with Crippen molar-refractivity contribution in [3.05, 3.63) is 28.6 Å². The fraction of sp³-hybridized carbons (Fsp3) is 0.467. The van der Waals surface area contributed by atoms with Crippen LogP contribution >= 0.6 is 15.9 Å². The second kappa shape index (κ2) is 7.45. The molecule has 0 saturated carbocycles. The lowest BCUT2D eigenvalue weighted by Gasteiger charge is -2.33. The highest BCUT2D eigenvalue weighted by atomic mass is 79.9. The summed E-state index contributed by atoms with van der Waals surface area (Å²) in [5.41, 5.74) is 0. The Bertz CT molecular complexity index is 538. The average molecular weight is 356 g/mol. The van der Waals surface area contributed by atoms with Crippen molar-refractivity contribution >= 4 is 33.9 Å². The summed E-state index contributed by atoms with van der Waals surface area (Å²) in [5.74, 6) is 0.0693. The molecule has 1 aliphatic heterocycles. The Balaban J connectivity index is 2.04. The Labute approximate surface area is 132 Å². The number of carbonyl (C=O) groups is 2. The second-order valence-corrected chi connectivity index (χ2v) is 5.55. The Morgan fingerprint density at radius 1 is 1.48 bits per heavy atom. The summed E-state index contributed by atoms with van der Waals surface area (Å²) in [6.07, 6.45) is 5.53. The lowest BCUT2D eigenvalue weighted by atomic mass is 10.0. The molecule has 1 unspecified atom stereocenters. The molecule has 21 heavy (non-hydrogen) atoms. The van der Waals surface area contributed by atoms with Crippen LogP contribution in [0.15, 0.2) is 27.3 Å². The number of carbonyl (C=O) groups excluding carboxylic acids is 2. The number of piperidine rings is 1. The van der Waals surface area contributed by atoms with Gasteiger partial charge in [0, 0.05) is 12.6 Å². The van der Waals surface area contributed by atoms with Crippen molar-refractivity contribution in [3.8, 4) is 0 Å². The van der Waals surface area contributed by atoms with Gasteiger partial charge in [-0.3, -0.25) is 4.79 Å². The SMILES string of the molecule is CCOC(=O)C1CCCCN1C(=O)/C=C/c1ccc(Br)o1. The Morgan fingerprint density at radius 2 is 2.29 bits per heavy atom. The van der Waals surface area contributed by atoms with Crippen molar-refractivity contribution in [2.24, 2.45) is 0 Å². The summed E-state index contributed by atoms with van der Waals surface area (Å²) in [6, 6.07) is 3.04. The third kappa shape index (κ3) is 4.20. The van der Waals surface area contributed by atoms with Crippen LogP contribution in [-0.4, -0.2) is 36.0 Å². The molecule has 1 aliphatic rings. The second-order valence-electron chi connectivity index (χ2n) is 4.77. The van der Waals surface area contributed by atoms with Gasteiger partial charge < -0.3 is 14.1 Å². The molecule has 5 nitrogen and oxygen atoms in total. The summed E-state index contributed by atoms with van der Waals surface area (Å²) < 4.78 is 11.0. The number of esters is 1. The number of halogens is 1. The van der Waals surface area contributed by atoms with E-state index in [1.54, 1.807) is 30.0 Å². The molecule has 0 N–H and O–H groups in total. The van der Waals surface area contributed by atoms with Gasteiger partial charge in [0.15, 0.2) is 4.67 Å². The van der Waals surface area contributed by atoms with Crippen LogP contribution in [0.3, 0.4) is 0 Å². The lowest BCUT2D eigenvalue weighted by molar-refractivity contribution is -0.155. The van der Waals surface area contributed by atoms with Crippen molar-refractivity contribution in [2.75, 3.05) is 13.2 Å². The van der Waals surface area contributed by atoms with Gasteiger partial charge in [0.1, 0.15) is 11.8 Å². The normalized spacial score (nSPS) is 19.0. The first-order valence-corrected chi connectivity index (χ1v) is 7.81. The first-order valence-electron chi connectivity index (χ1n) is 7.02. The summed E-state index contributed by atoms with van der Waals surface area (Å²) in [7, 11) is 0. The summed E-state index contributed by atoms with van der Waals surface area (Å²) in [4.78, 5) is 25.8. The topological polar surface area (TPSA) is 59.8 Å². The number of rotatable bonds is 4. The Hall–Kier alpha value is -1.56. The zero-order valence-electron chi connectivity index (χ0n) is 11.9. The smallest absolute Gasteiger partial charge is 0.328 e. The Kier molecular flexibility index (Phi) is 5.61. The van der Waals surface area contributed by atoms with Crippen molar-refractivity contribution in [1.82, 2.24) is 4.90 Å². The number of hydrogen-bond acceptors (Lipinski definition) is 4. The van der Waals surface area contributed by atoms with Crippen molar-refractivity contribution in [1.29, 1.82) is 0 Å². The number of furan rings is 1. The number of ether oxygens (including phenoxy) is 1. The zero-order valence-corrected chi connectivity index (χ0v) is 13.5. The predicted octanol–water partition coefficient (Wildman–Crippen LogP) is 3.00. The largest absolute Gasteiger partial charge is 0.464 e. The van der Waals surface area contributed by atoms with Crippen LogP contribution in [0.4, 0.5) is 0 Å². The molecule has 0 aliphatic carbocycles. The van der Waals surface area contributed by atoms with Crippen LogP contribution in [0.25, 0.3) is 6.08 Å². The minimum absolute atomic E-state index is 0.194. The van der Waals surface area contributed by atoms with E-state index in [1.807, 2.05) is 0 Å². The molecule has 1 fully saturated rings. The van der Waals surface area contributed by atoms with Crippen LogP contribution in [-0.2, 0) is 14.3 Å². The number of likely N-dealkylation sites (tertiary alicyclic amines) is 1. The fourth-order valence-electron chi connectivity index (χ4n) is 2.35. The first-order chi connectivity index (χ1) is 10.1. The quantitative estimate of drug-likeness (QED) is 0.615. The molecule has 114 valence electrons. The lowest BCUT2D eigenvalue weighted by Crippen LogP contribution is -2.48. The molecule has 0 spiro atoms. The van der Waals surface area contributed by atoms with E-state index in [4.69, 9.17) is 9.15 Å². The van der Waals surface area contributed by atoms with Gasteiger partial charge >= 0.3 is 5.97 Å². The van der Waals surface area contributed by atoms with E-state index in [2.05, 4.69) is 15.9 Å². The van der Waals surface area contributed by atoms with E-state index in [0.29, 0.717) is 30.0 Å². The maximum absolute atomic E-state index is 12.3. The molecule has 1 amide bonds. The third-order valence-electron chi connectivity index (χ3n) is 3.33. The van der Waals surface area contributed by atoms with E-state index < -0.39 is 6.04 Å². The molecule has 2 rings (SSSR count). The Morgan fingerprint density at radius 3 is 2.95 bits per heavy atom. The first kappa shape index (κ1) is 15.8. The van der Waals surface area contributed by atoms with Crippen LogP contribution < -0.4 is 0 Å². The van der Waals surface area contributed by atoms with Gasteiger partial charge in [-0.1, -0.05) is 0 Å². The highest BCUT2D eigenvalue weighted by molar-refractivity contribution is 9.10. The predicted molar refractivity (Wildman–Crippen MR) is 81.4 cm³/mol. The number of hydrogen-bond donors (Lipinski definition) is 0. The van der Waals surface area contributed by atoms with Crippen molar-refractivity contribution in [2.45, 2.75) is 32.2 Å². The van der Waals surface area contributed by atoms with Gasteiger partial charge in [0.25, 0.3) is 0 Å². The van der Waals surface area contributed by atoms with E-state index >= 15 is 0 Å². The average Bonchev–Trinajstić information content (AvgIpc) is 2.90. The van der Waals surface area contributed by atoms with Crippen LogP contribution in [0.5, 0.6) is 0 Å². The molecule has 6 heteroatoms. The molecule has 1 aromatic rings. The molecule has 0 bridgehead atoms. The highest BCUT2D eigenvalue weighted by Crippen LogP contribution is 2.20. The summed E-state index contributed by atoms with van der Waals surface area (Å²) in [6.45, 7) is 2.67. The van der Waals surface area contributed by atoms with Gasteiger partial charge in [0.2, 0.25) is 5.91 Å². The van der Waals surface area contributed by atoms with Crippen molar-refractivity contribution < 1.29 is 18.7 Å². The van der Waals surface area contributed by atoms with Gasteiger partial charge in [-0.25, -0.2) is 4.79 Å². The molecule has 0 radical (unpaired) electrons. The third-order valence-corrected chi connectivity index (χ3v) is 3.75. The maximum Gasteiger partial charge on any atom is 0.328 e. The highest BCUT2D eigenvalue weighted by Gasteiger charge is 2.32. The molecule has 2 heterocycles. The van der Waals surface area contributed by atoms with Gasteiger partial charge in [-0.05, 0) is 60.3 Å². The monoisotopic (exact) mass is 355 g/mol. The molecule has 1 saturated heterocycles. The zero-order chi connectivity index (χ0) is 15.2. The van der Waals surface area contributed by atoms with Crippen LogP contribution in [0, 0.1) is 0 Å². The molecule has 1 atom stereocenters. The van der Waals surface area contributed by atoms with E-state index in [-0.39, 0.29) is 11.9 Å². The maximum atomic E-state index is 12.3. The van der Waals surface area contributed by atoms with Crippen molar-refractivity contribution in [3.63, 3.8) is 0 Å².